The van der Waals surface area contributed by atoms with Gasteiger partial charge in [-0.15, -0.1) is 0 Å². The van der Waals surface area contributed by atoms with Gasteiger partial charge in [-0.1, -0.05) is 215 Å². The van der Waals surface area contributed by atoms with Crippen molar-refractivity contribution in [1.82, 2.24) is 0 Å². The van der Waals surface area contributed by atoms with Crippen molar-refractivity contribution in [3.05, 3.63) is 83.9 Å². The Balaban J connectivity index is 0.000000373. The fraction of sp³-hybridized carbons (Fsp3) is 0.565. The smallest absolute Gasteiger partial charge is 0.744 e. The van der Waals surface area contributed by atoms with Crippen molar-refractivity contribution in [2.45, 2.75) is 178 Å². The molecule has 0 saturated carbocycles. The van der Waals surface area contributed by atoms with Gasteiger partial charge in [0.2, 0.25) is 0 Å². The van der Waals surface area contributed by atoms with Gasteiger partial charge in [-0.2, -0.15) is 0 Å². The summed E-state index contributed by atoms with van der Waals surface area (Å²) in [5.41, 5.74) is 1.33. The minimum atomic E-state index is -4.47. The van der Waals surface area contributed by atoms with E-state index in [1.54, 1.807) is 24.3 Å². The zero-order valence-corrected chi connectivity index (χ0v) is 37.7. The van der Waals surface area contributed by atoms with Gasteiger partial charge < -0.3 is 9.11 Å². The molecule has 0 atom stereocenters. The molecule has 4 aromatic rings. The van der Waals surface area contributed by atoms with Gasteiger partial charge in [0.25, 0.3) is 0 Å². The molecule has 0 aliphatic rings. The molecule has 55 heavy (non-hydrogen) atoms. The summed E-state index contributed by atoms with van der Waals surface area (Å²) >= 11 is 0. The van der Waals surface area contributed by atoms with Gasteiger partial charge in [0.1, 0.15) is 20.2 Å². The molecule has 0 N–H and O–H groups in total. The molecular weight excluding hydrogens is 753 g/mol. The van der Waals surface area contributed by atoms with E-state index in [1.807, 2.05) is 48.5 Å². The molecule has 0 unspecified atom stereocenters. The van der Waals surface area contributed by atoms with Crippen molar-refractivity contribution in [1.29, 1.82) is 0 Å². The van der Waals surface area contributed by atoms with E-state index in [1.165, 1.54) is 116 Å². The van der Waals surface area contributed by atoms with Crippen molar-refractivity contribution < 1.29 is 25.9 Å². The van der Waals surface area contributed by atoms with Gasteiger partial charge in [-0.25, -0.2) is 16.8 Å². The van der Waals surface area contributed by atoms with Crippen molar-refractivity contribution in [3.63, 3.8) is 0 Å². The maximum atomic E-state index is 11.8. The third kappa shape index (κ3) is 18.7. The Morgan fingerprint density at radius 2 is 0.655 bits per heavy atom. The van der Waals surface area contributed by atoms with Crippen LogP contribution in [0.4, 0.5) is 0 Å². The number of hydrogen-bond acceptors (Lipinski definition) is 6. The second-order valence-corrected chi connectivity index (χ2v) is 17.7. The molecule has 0 bridgehead atoms. The standard InChI is InChI=1S/2C23H34O3S.Ca/c2*1-2-3-4-5-6-7-8-9-10-11-12-16-21-19-18-20-15-13-14-17-22(20)23(21)27(24,25)26;/h2*13-15,17-19H,2-12,16H2,1H3,(H,24,25,26);/q;;+2/p-2. The Hall–Kier alpha value is -1.52. The average molecular weight is 819 g/mol. The van der Waals surface area contributed by atoms with Gasteiger partial charge in [0, 0.05) is 0 Å². The number of fused-ring (bicyclic) bond motifs is 2. The molecule has 0 aromatic heterocycles. The first kappa shape index (κ1) is 49.6. The number of hydrogen-bond donors (Lipinski definition) is 0. The molecule has 4 aromatic carbocycles. The van der Waals surface area contributed by atoms with E-state index in [0.717, 1.165) is 36.5 Å². The average Bonchev–Trinajstić information content (AvgIpc) is 3.15. The summed E-state index contributed by atoms with van der Waals surface area (Å²) in [6, 6.07) is 21.9. The van der Waals surface area contributed by atoms with E-state index < -0.39 is 20.2 Å². The van der Waals surface area contributed by atoms with Crippen LogP contribution in [0.2, 0.25) is 0 Å². The molecule has 0 spiro atoms. The van der Waals surface area contributed by atoms with E-state index >= 15 is 0 Å². The van der Waals surface area contributed by atoms with Gasteiger partial charge >= 0.3 is 37.7 Å². The van der Waals surface area contributed by atoms with E-state index in [-0.39, 0.29) is 47.5 Å². The summed E-state index contributed by atoms with van der Waals surface area (Å²) in [7, 11) is -8.95. The summed E-state index contributed by atoms with van der Waals surface area (Å²) in [5.74, 6) is 0. The molecule has 6 nitrogen and oxygen atoms in total. The fourth-order valence-corrected chi connectivity index (χ4v) is 9.41. The van der Waals surface area contributed by atoms with Crippen LogP contribution >= 0.6 is 0 Å². The molecule has 0 aliphatic heterocycles. The van der Waals surface area contributed by atoms with E-state index in [9.17, 15) is 25.9 Å². The number of aryl methyl sites for hydroxylation is 2. The van der Waals surface area contributed by atoms with Crippen LogP contribution in [0.3, 0.4) is 0 Å². The van der Waals surface area contributed by atoms with Gasteiger partial charge in [-0.05, 0) is 58.4 Å². The van der Waals surface area contributed by atoms with Gasteiger partial charge in [0.15, 0.2) is 0 Å². The quantitative estimate of drug-likeness (QED) is 0.0354. The van der Waals surface area contributed by atoms with Crippen LogP contribution in [0.5, 0.6) is 0 Å². The Morgan fingerprint density at radius 1 is 0.382 bits per heavy atom. The summed E-state index contributed by atoms with van der Waals surface area (Å²) in [4.78, 5) is -0.0413. The normalized spacial score (nSPS) is 11.7. The van der Waals surface area contributed by atoms with Crippen molar-refractivity contribution >= 4 is 79.5 Å². The second-order valence-electron chi connectivity index (χ2n) is 15.0. The minimum absolute atomic E-state index is 0. The summed E-state index contributed by atoms with van der Waals surface area (Å²) < 4.78 is 70.9. The van der Waals surface area contributed by atoms with Crippen LogP contribution in [-0.4, -0.2) is 63.7 Å². The van der Waals surface area contributed by atoms with E-state index in [0.29, 0.717) is 34.7 Å². The third-order valence-electron chi connectivity index (χ3n) is 10.5. The fourth-order valence-electron chi connectivity index (χ4n) is 7.52. The van der Waals surface area contributed by atoms with E-state index in [2.05, 4.69) is 13.8 Å². The van der Waals surface area contributed by atoms with Crippen molar-refractivity contribution in [2.75, 3.05) is 0 Å². The number of benzene rings is 4. The minimum Gasteiger partial charge on any atom is -0.744 e. The zero-order valence-electron chi connectivity index (χ0n) is 33.9. The topological polar surface area (TPSA) is 114 Å². The van der Waals surface area contributed by atoms with E-state index in [4.69, 9.17) is 0 Å². The van der Waals surface area contributed by atoms with Crippen LogP contribution in [0.25, 0.3) is 21.5 Å². The molecule has 0 fully saturated rings. The number of unbranched alkanes of at least 4 members (excludes halogenated alkanes) is 20. The molecule has 0 saturated heterocycles. The number of rotatable bonds is 26. The largest absolute Gasteiger partial charge is 2.00 e. The molecule has 0 heterocycles. The Bertz CT molecular complexity index is 1740. The Kier molecular flexibility index (Phi) is 25.3. The maximum Gasteiger partial charge on any atom is 2.00 e. The van der Waals surface area contributed by atoms with Crippen molar-refractivity contribution in [2.24, 2.45) is 0 Å². The predicted octanol–water partition coefficient (Wildman–Crippen LogP) is 12.8. The molecule has 300 valence electrons. The third-order valence-corrected chi connectivity index (χ3v) is 12.5. The van der Waals surface area contributed by atoms with Crippen molar-refractivity contribution in [3.8, 4) is 0 Å². The first-order valence-corrected chi connectivity index (χ1v) is 23.8. The molecule has 4 rings (SSSR count). The van der Waals surface area contributed by atoms with Crippen LogP contribution < -0.4 is 0 Å². The summed E-state index contributed by atoms with van der Waals surface area (Å²) in [5, 5.41) is 2.70. The summed E-state index contributed by atoms with van der Waals surface area (Å²) in [6.07, 6.45) is 28.9. The monoisotopic (exact) mass is 818 g/mol. The second kappa shape index (κ2) is 28.0. The first-order valence-electron chi connectivity index (χ1n) is 21.0. The van der Waals surface area contributed by atoms with Crippen LogP contribution in [0, 0.1) is 0 Å². The Labute approximate surface area is 364 Å². The van der Waals surface area contributed by atoms with Crippen LogP contribution in [0.1, 0.15) is 166 Å². The molecule has 0 radical (unpaired) electrons. The van der Waals surface area contributed by atoms with Crippen LogP contribution in [-0.2, 0) is 33.1 Å². The van der Waals surface area contributed by atoms with Gasteiger partial charge in [-0.3, -0.25) is 0 Å². The Morgan fingerprint density at radius 3 is 0.945 bits per heavy atom. The summed E-state index contributed by atoms with van der Waals surface area (Å²) in [6.45, 7) is 4.49. The molecule has 9 heteroatoms. The maximum absolute atomic E-state index is 11.8. The first-order chi connectivity index (χ1) is 26.1. The SMILES string of the molecule is CCCCCCCCCCCCCc1ccc2ccccc2c1S(=O)(=O)[O-].CCCCCCCCCCCCCc1ccc2ccccc2c1S(=O)(=O)[O-].[Ca+2]. The molecule has 0 aliphatic carbocycles. The zero-order chi connectivity index (χ0) is 39.1. The molecule has 0 amide bonds. The molecular formula is C46H66CaO6S2. The van der Waals surface area contributed by atoms with Gasteiger partial charge in [0.05, 0.1) is 9.79 Å². The predicted molar refractivity (Wildman–Crippen MR) is 230 cm³/mol. The van der Waals surface area contributed by atoms with Crippen LogP contribution in [0.15, 0.2) is 82.6 Å².